The summed E-state index contributed by atoms with van der Waals surface area (Å²) in [6.45, 7) is 5.42. The Labute approximate surface area is 196 Å². The van der Waals surface area contributed by atoms with Crippen LogP contribution in [0.15, 0.2) is 30.3 Å². The molecule has 0 radical (unpaired) electrons. The summed E-state index contributed by atoms with van der Waals surface area (Å²) in [7, 11) is 0. The van der Waals surface area contributed by atoms with Crippen LogP contribution < -0.4 is 5.32 Å². The fourth-order valence-electron chi connectivity index (χ4n) is 6.40. The van der Waals surface area contributed by atoms with Gasteiger partial charge in [-0.15, -0.1) is 0 Å². The summed E-state index contributed by atoms with van der Waals surface area (Å²) in [6, 6.07) is 9.50. The minimum absolute atomic E-state index is 0.000859. The minimum Gasteiger partial charge on any atom is -0.381 e. The summed E-state index contributed by atoms with van der Waals surface area (Å²) in [6.07, 6.45) is 6.26. The highest BCUT2D eigenvalue weighted by Gasteiger charge is 2.47. The number of hydrogen-bond donors (Lipinski definition) is 1. The molecule has 1 aromatic carbocycles. The van der Waals surface area contributed by atoms with Gasteiger partial charge in [-0.25, -0.2) is 0 Å². The number of nitrogens with zero attached hydrogens (tertiary/aromatic N) is 2. The Morgan fingerprint density at radius 1 is 1.00 bits per heavy atom. The molecule has 7 heteroatoms. The van der Waals surface area contributed by atoms with Crippen molar-refractivity contribution in [1.29, 1.82) is 0 Å². The molecular formula is C26H37N3O4. The van der Waals surface area contributed by atoms with E-state index in [1.54, 1.807) is 0 Å². The molecule has 5 atom stereocenters. The summed E-state index contributed by atoms with van der Waals surface area (Å²) < 4.78 is 11.2. The Morgan fingerprint density at radius 2 is 1.79 bits per heavy atom. The summed E-state index contributed by atoms with van der Waals surface area (Å²) in [5.74, 6) is 0.863. The van der Waals surface area contributed by atoms with Gasteiger partial charge in [0, 0.05) is 49.8 Å². The lowest BCUT2D eigenvalue weighted by atomic mass is 9.84. The van der Waals surface area contributed by atoms with Crippen molar-refractivity contribution in [1.82, 2.24) is 15.1 Å². The SMILES string of the molecule is O=C(NCC(C1CCOC1)N1CCOCC1)C1CC2CCCCC2N1C(=O)c1ccccc1. The fourth-order valence-corrected chi connectivity index (χ4v) is 6.40. The lowest BCUT2D eigenvalue weighted by Crippen LogP contribution is -2.55. The van der Waals surface area contributed by atoms with Gasteiger partial charge < -0.3 is 19.7 Å². The summed E-state index contributed by atoms with van der Waals surface area (Å²) >= 11 is 0. The number of carbonyl (C=O) groups excluding carboxylic acids is 2. The van der Waals surface area contributed by atoms with E-state index in [1.807, 2.05) is 35.2 Å². The molecule has 0 aromatic heterocycles. The molecule has 33 heavy (non-hydrogen) atoms. The van der Waals surface area contributed by atoms with Crippen molar-refractivity contribution in [3.63, 3.8) is 0 Å². The number of carbonyl (C=O) groups is 2. The molecule has 2 amide bonds. The molecule has 1 saturated carbocycles. The van der Waals surface area contributed by atoms with E-state index in [-0.39, 0.29) is 29.9 Å². The Bertz CT molecular complexity index is 807. The standard InChI is InChI=1S/C26H37N3O4/c30-25(27-17-24(21-10-13-33-18-21)28-11-14-32-15-12-28)23-16-20-8-4-5-9-22(20)29(23)26(31)19-6-2-1-3-7-19/h1-3,6-7,20-24H,4-5,8-18H2,(H,27,30). The van der Waals surface area contributed by atoms with Crippen molar-refractivity contribution < 1.29 is 19.1 Å². The highest BCUT2D eigenvalue weighted by atomic mass is 16.5. The van der Waals surface area contributed by atoms with Crippen LogP contribution in [0.3, 0.4) is 0 Å². The summed E-state index contributed by atoms with van der Waals surface area (Å²) in [5, 5.41) is 3.27. The molecule has 0 spiro atoms. The summed E-state index contributed by atoms with van der Waals surface area (Å²) in [5.41, 5.74) is 0.677. The van der Waals surface area contributed by atoms with Crippen LogP contribution >= 0.6 is 0 Å². The first-order chi connectivity index (χ1) is 16.2. The van der Waals surface area contributed by atoms with E-state index in [4.69, 9.17) is 9.47 Å². The van der Waals surface area contributed by atoms with Gasteiger partial charge in [-0.3, -0.25) is 14.5 Å². The van der Waals surface area contributed by atoms with E-state index in [1.165, 1.54) is 6.42 Å². The Morgan fingerprint density at radius 3 is 2.55 bits per heavy atom. The zero-order valence-corrected chi connectivity index (χ0v) is 19.5. The normalized spacial score (nSPS) is 31.2. The maximum absolute atomic E-state index is 13.6. The smallest absolute Gasteiger partial charge is 0.254 e. The molecule has 7 nitrogen and oxygen atoms in total. The molecule has 3 aliphatic heterocycles. The van der Waals surface area contributed by atoms with E-state index >= 15 is 0 Å². The Balaban J connectivity index is 1.30. The molecule has 3 saturated heterocycles. The van der Waals surface area contributed by atoms with Gasteiger partial charge in [-0.05, 0) is 43.7 Å². The molecule has 5 rings (SSSR count). The number of morpholine rings is 1. The van der Waals surface area contributed by atoms with Crippen LogP contribution in [0.4, 0.5) is 0 Å². The van der Waals surface area contributed by atoms with Crippen LogP contribution in [-0.2, 0) is 14.3 Å². The second-order valence-corrected chi connectivity index (χ2v) is 10.0. The maximum atomic E-state index is 13.6. The number of nitrogens with one attached hydrogen (secondary N) is 1. The van der Waals surface area contributed by atoms with E-state index in [0.29, 0.717) is 23.9 Å². The lowest BCUT2D eigenvalue weighted by Gasteiger charge is -2.38. The second-order valence-electron chi connectivity index (χ2n) is 10.0. The van der Waals surface area contributed by atoms with Crippen LogP contribution in [0.1, 0.15) is 48.9 Å². The third-order valence-corrected chi connectivity index (χ3v) is 8.16. The predicted molar refractivity (Wildman–Crippen MR) is 125 cm³/mol. The Hall–Kier alpha value is -1.96. The molecule has 1 N–H and O–H groups in total. The number of fused-ring (bicyclic) bond motifs is 1. The van der Waals surface area contributed by atoms with E-state index in [9.17, 15) is 9.59 Å². The van der Waals surface area contributed by atoms with E-state index in [2.05, 4.69) is 10.2 Å². The average Bonchev–Trinajstić information content (AvgIpc) is 3.53. The first-order valence-electron chi connectivity index (χ1n) is 12.8. The maximum Gasteiger partial charge on any atom is 0.254 e. The topological polar surface area (TPSA) is 71.1 Å². The van der Waals surface area contributed by atoms with Crippen LogP contribution in [0.5, 0.6) is 0 Å². The van der Waals surface area contributed by atoms with Crippen LogP contribution in [-0.4, -0.2) is 85.8 Å². The van der Waals surface area contributed by atoms with E-state index < -0.39 is 0 Å². The number of amides is 2. The minimum atomic E-state index is -0.379. The van der Waals surface area contributed by atoms with Crippen molar-refractivity contribution in [3.05, 3.63) is 35.9 Å². The number of benzene rings is 1. The van der Waals surface area contributed by atoms with Crippen molar-refractivity contribution in [2.24, 2.45) is 11.8 Å². The number of ether oxygens (including phenoxy) is 2. The quantitative estimate of drug-likeness (QED) is 0.713. The van der Waals surface area contributed by atoms with Crippen LogP contribution in [0, 0.1) is 11.8 Å². The third-order valence-electron chi connectivity index (χ3n) is 8.16. The van der Waals surface area contributed by atoms with Gasteiger partial charge in [0.15, 0.2) is 0 Å². The van der Waals surface area contributed by atoms with Crippen molar-refractivity contribution in [3.8, 4) is 0 Å². The highest BCUT2D eigenvalue weighted by Crippen LogP contribution is 2.40. The Kier molecular flexibility index (Phi) is 7.28. The first-order valence-corrected chi connectivity index (χ1v) is 12.8. The molecule has 4 aliphatic rings. The van der Waals surface area contributed by atoms with Gasteiger partial charge in [-0.2, -0.15) is 0 Å². The molecule has 4 fully saturated rings. The predicted octanol–water partition coefficient (Wildman–Crippen LogP) is 2.31. The molecule has 3 heterocycles. The van der Waals surface area contributed by atoms with E-state index in [0.717, 1.165) is 71.6 Å². The van der Waals surface area contributed by atoms with Crippen molar-refractivity contribution in [2.45, 2.75) is 56.7 Å². The average molecular weight is 456 g/mol. The fraction of sp³-hybridized carbons (Fsp3) is 0.692. The zero-order chi connectivity index (χ0) is 22.6. The van der Waals surface area contributed by atoms with Gasteiger partial charge >= 0.3 is 0 Å². The van der Waals surface area contributed by atoms with Crippen molar-refractivity contribution >= 4 is 11.8 Å². The molecular weight excluding hydrogens is 418 g/mol. The number of hydrogen-bond acceptors (Lipinski definition) is 5. The molecule has 0 bridgehead atoms. The van der Waals surface area contributed by atoms with Crippen LogP contribution in [0.25, 0.3) is 0 Å². The van der Waals surface area contributed by atoms with Gasteiger partial charge in [0.2, 0.25) is 5.91 Å². The highest BCUT2D eigenvalue weighted by molar-refractivity contribution is 5.98. The first kappa shape index (κ1) is 22.8. The van der Waals surface area contributed by atoms with Gasteiger partial charge in [0.25, 0.3) is 5.91 Å². The summed E-state index contributed by atoms with van der Waals surface area (Å²) in [4.78, 5) is 31.5. The third kappa shape index (κ3) is 4.96. The van der Waals surface area contributed by atoms with Gasteiger partial charge in [0.1, 0.15) is 6.04 Å². The molecule has 1 aliphatic carbocycles. The van der Waals surface area contributed by atoms with Gasteiger partial charge in [-0.1, -0.05) is 31.0 Å². The lowest BCUT2D eigenvalue weighted by molar-refractivity contribution is -0.125. The monoisotopic (exact) mass is 455 g/mol. The zero-order valence-electron chi connectivity index (χ0n) is 19.5. The van der Waals surface area contributed by atoms with Crippen LogP contribution in [0.2, 0.25) is 0 Å². The number of likely N-dealkylation sites (tertiary alicyclic amines) is 1. The molecule has 5 unspecified atom stereocenters. The van der Waals surface area contributed by atoms with Gasteiger partial charge in [0.05, 0.1) is 19.8 Å². The van der Waals surface area contributed by atoms with Crippen molar-refractivity contribution in [2.75, 3.05) is 46.1 Å². The second kappa shape index (κ2) is 10.5. The molecule has 1 aromatic rings. The number of rotatable bonds is 6. The largest absolute Gasteiger partial charge is 0.381 e. The molecule has 180 valence electrons.